The third kappa shape index (κ3) is 4.34. The van der Waals surface area contributed by atoms with Crippen LogP contribution in [0, 0.1) is 0 Å². The lowest BCUT2D eigenvalue weighted by atomic mass is 10.3. The molecule has 3 nitrogen and oxygen atoms in total. The van der Waals surface area contributed by atoms with Gasteiger partial charge in [0.1, 0.15) is 5.75 Å². The highest BCUT2D eigenvalue weighted by molar-refractivity contribution is 9.09. The van der Waals surface area contributed by atoms with E-state index in [-0.39, 0.29) is 5.91 Å². The van der Waals surface area contributed by atoms with Crippen molar-refractivity contribution >= 4 is 27.5 Å². The molecular formula is C11H14BrNO2. The summed E-state index contributed by atoms with van der Waals surface area (Å²) in [6, 6.07) is 7.34. The number of carbonyl (C=O) groups is 1. The summed E-state index contributed by atoms with van der Waals surface area (Å²) in [6.45, 7) is 2.78. The number of hydrogen-bond acceptors (Lipinski definition) is 2. The van der Waals surface area contributed by atoms with Crippen LogP contribution in [-0.2, 0) is 4.79 Å². The molecule has 0 fully saturated rings. The molecule has 0 saturated carbocycles. The molecule has 0 unspecified atom stereocenters. The van der Waals surface area contributed by atoms with Crippen molar-refractivity contribution in [1.82, 2.24) is 0 Å². The largest absolute Gasteiger partial charge is 0.494 e. The first-order valence-electron chi connectivity index (χ1n) is 4.85. The maximum atomic E-state index is 11.0. The molecule has 0 radical (unpaired) electrons. The molecule has 1 amide bonds. The molecule has 0 spiro atoms. The molecule has 0 saturated heterocycles. The molecule has 1 aromatic carbocycles. The van der Waals surface area contributed by atoms with E-state index in [1.807, 2.05) is 24.3 Å². The van der Waals surface area contributed by atoms with E-state index in [9.17, 15) is 4.79 Å². The molecule has 0 aliphatic heterocycles. The number of alkyl halides is 1. The van der Waals surface area contributed by atoms with Crippen molar-refractivity contribution in [2.45, 2.75) is 13.3 Å². The third-order valence-corrected chi connectivity index (χ3v) is 2.24. The Bertz CT molecular complexity index is 311. The highest BCUT2D eigenvalue weighted by atomic mass is 79.9. The van der Waals surface area contributed by atoms with Crippen LogP contribution in [0.25, 0.3) is 0 Å². The third-order valence-electron chi connectivity index (χ3n) is 1.73. The number of rotatable bonds is 5. The Kier molecular flexibility index (Phi) is 5.18. The molecule has 1 N–H and O–H groups in total. The average molecular weight is 272 g/mol. The zero-order valence-corrected chi connectivity index (χ0v) is 10.2. The molecule has 15 heavy (non-hydrogen) atoms. The van der Waals surface area contributed by atoms with Crippen molar-refractivity contribution < 1.29 is 9.53 Å². The van der Waals surface area contributed by atoms with E-state index in [4.69, 9.17) is 4.74 Å². The summed E-state index contributed by atoms with van der Waals surface area (Å²) in [5.74, 6) is 0.769. The van der Waals surface area contributed by atoms with Crippen molar-refractivity contribution in [2.75, 3.05) is 17.3 Å². The van der Waals surface area contributed by atoms with Crippen LogP contribution in [0.3, 0.4) is 0 Å². The van der Waals surface area contributed by atoms with Gasteiger partial charge in [0.25, 0.3) is 0 Å². The monoisotopic (exact) mass is 271 g/mol. The minimum Gasteiger partial charge on any atom is -0.494 e. The summed E-state index contributed by atoms with van der Waals surface area (Å²) >= 11 is 3.08. The number of amides is 1. The molecular weight excluding hydrogens is 258 g/mol. The summed E-state index contributed by atoms with van der Waals surface area (Å²) in [7, 11) is 0. The van der Waals surface area contributed by atoms with Crippen molar-refractivity contribution in [3.05, 3.63) is 24.3 Å². The molecule has 0 atom stereocenters. The molecule has 1 rings (SSSR count). The fourth-order valence-corrected chi connectivity index (χ4v) is 1.19. The number of carbonyl (C=O) groups excluding carboxylic acids is 1. The smallest absolute Gasteiger partial charge is 0.235 e. The van der Waals surface area contributed by atoms with Gasteiger partial charge in [0.2, 0.25) is 5.91 Å². The minimum absolute atomic E-state index is 0.0581. The van der Waals surface area contributed by atoms with E-state index in [2.05, 4.69) is 28.2 Å². The highest BCUT2D eigenvalue weighted by Crippen LogP contribution is 2.15. The Labute approximate surface area is 97.9 Å². The molecule has 0 aliphatic rings. The van der Waals surface area contributed by atoms with Crippen molar-refractivity contribution in [3.63, 3.8) is 0 Å². The Morgan fingerprint density at radius 2 is 2.07 bits per heavy atom. The van der Waals surface area contributed by atoms with Gasteiger partial charge in [-0.15, -0.1) is 0 Å². The van der Waals surface area contributed by atoms with Crippen LogP contribution in [-0.4, -0.2) is 17.8 Å². The minimum atomic E-state index is -0.0581. The number of benzene rings is 1. The van der Waals surface area contributed by atoms with Gasteiger partial charge in [-0.25, -0.2) is 0 Å². The lowest BCUT2D eigenvalue weighted by molar-refractivity contribution is -0.113. The summed E-state index contributed by atoms with van der Waals surface area (Å²) in [5.41, 5.74) is 0.781. The van der Waals surface area contributed by atoms with E-state index < -0.39 is 0 Å². The SMILES string of the molecule is CCCOc1ccc(NC(=O)CBr)cc1. The average Bonchev–Trinajstić information content (AvgIpc) is 2.28. The molecule has 0 bridgehead atoms. The number of hydrogen-bond donors (Lipinski definition) is 1. The summed E-state index contributed by atoms with van der Waals surface area (Å²) < 4.78 is 5.42. The van der Waals surface area contributed by atoms with E-state index in [1.54, 1.807) is 0 Å². The predicted octanol–water partition coefficient (Wildman–Crippen LogP) is 2.81. The van der Waals surface area contributed by atoms with Gasteiger partial charge in [-0.3, -0.25) is 4.79 Å². The van der Waals surface area contributed by atoms with Crippen LogP contribution in [0.5, 0.6) is 5.75 Å². The van der Waals surface area contributed by atoms with Gasteiger partial charge in [-0.05, 0) is 30.7 Å². The number of ether oxygens (including phenoxy) is 1. The van der Waals surface area contributed by atoms with E-state index in [1.165, 1.54) is 0 Å². The zero-order chi connectivity index (χ0) is 11.1. The molecule has 0 heterocycles. The van der Waals surface area contributed by atoms with E-state index in [0.29, 0.717) is 11.9 Å². The summed E-state index contributed by atoms with van der Waals surface area (Å²) in [5, 5.41) is 3.04. The highest BCUT2D eigenvalue weighted by Gasteiger charge is 1.99. The maximum Gasteiger partial charge on any atom is 0.235 e. The van der Waals surface area contributed by atoms with Crippen LogP contribution in [0.2, 0.25) is 0 Å². The fraction of sp³-hybridized carbons (Fsp3) is 0.364. The Morgan fingerprint density at radius 3 is 2.60 bits per heavy atom. The number of nitrogens with one attached hydrogen (secondary N) is 1. The second-order valence-electron chi connectivity index (χ2n) is 3.05. The molecule has 0 aliphatic carbocycles. The van der Waals surface area contributed by atoms with Gasteiger partial charge in [-0.1, -0.05) is 22.9 Å². The lowest BCUT2D eigenvalue weighted by Gasteiger charge is -2.06. The standard InChI is InChI=1S/C11H14BrNO2/c1-2-7-15-10-5-3-9(4-6-10)13-11(14)8-12/h3-6H,2,7-8H2,1H3,(H,13,14). The number of anilines is 1. The van der Waals surface area contributed by atoms with Crippen LogP contribution in [0.15, 0.2) is 24.3 Å². The molecule has 4 heteroatoms. The van der Waals surface area contributed by atoms with Crippen molar-refractivity contribution in [1.29, 1.82) is 0 Å². The Morgan fingerprint density at radius 1 is 1.40 bits per heavy atom. The Balaban J connectivity index is 2.52. The lowest BCUT2D eigenvalue weighted by Crippen LogP contribution is -2.11. The van der Waals surface area contributed by atoms with Crippen LogP contribution in [0.1, 0.15) is 13.3 Å². The van der Waals surface area contributed by atoms with Crippen LogP contribution >= 0.6 is 15.9 Å². The first-order valence-corrected chi connectivity index (χ1v) is 5.97. The molecule has 0 aromatic heterocycles. The summed E-state index contributed by atoms with van der Waals surface area (Å²) in [6.07, 6.45) is 0.988. The normalized spacial score (nSPS) is 9.73. The first kappa shape index (κ1) is 12.0. The quantitative estimate of drug-likeness (QED) is 0.837. The van der Waals surface area contributed by atoms with Gasteiger partial charge in [0.05, 0.1) is 11.9 Å². The van der Waals surface area contributed by atoms with E-state index >= 15 is 0 Å². The van der Waals surface area contributed by atoms with Gasteiger partial charge < -0.3 is 10.1 Å². The first-order chi connectivity index (χ1) is 7.26. The second kappa shape index (κ2) is 6.45. The fourth-order valence-electron chi connectivity index (χ4n) is 1.05. The topological polar surface area (TPSA) is 38.3 Å². The van der Waals surface area contributed by atoms with Gasteiger partial charge in [-0.2, -0.15) is 0 Å². The van der Waals surface area contributed by atoms with Crippen LogP contribution in [0.4, 0.5) is 5.69 Å². The van der Waals surface area contributed by atoms with Gasteiger partial charge in [0.15, 0.2) is 0 Å². The second-order valence-corrected chi connectivity index (χ2v) is 3.62. The van der Waals surface area contributed by atoms with E-state index in [0.717, 1.165) is 17.9 Å². The van der Waals surface area contributed by atoms with Crippen molar-refractivity contribution in [2.24, 2.45) is 0 Å². The molecule has 82 valence electrons. The molecule has 1 aromatic rings. The maximum absolute atomic E-state index is 11.0. The van der Waals surface area contributed by atoms with Gasteiger partial charge in [0, 0.05) is 5.69 Å². The number of halogens is 1. The predicted molar refractivity (Wildman–Crippen MR) is 64.7 cm³/mol. The van der Waals surface area contributed by atoms with Crippen LogP contribution < -0.4 is 10.1 Å². The van der Waals surface area contributed by atoms with Gasteiger partial charge >= 0.3 is 0 Å². The Hall–Kier alpha value is -1.03. The zero-order valence-electron chi connectivity index (χ0n) is 8.63. The van der Waals surface area contributed by atoms with Crippen molar-refractivity contribution in [3.8, 4) is 5.75 Å². The summed E-state index contributed by atoms with van der Waals surface area (Å²) in [4.78, 5) is 11.0.